The average Bonchev–Trinajstić information content (AvgIpc) is 2.77. The van der Waals surface area contributed by atoms with Crippen molar-refractivity contribution in [2.75, 3.05) is 13.7 Å². The van der Waals surface area contributed by atoms with Gasteiger partial charge in [0.2, 0.25) is 0 Å². The smallest absolute Gasteiger partial charge is 0.306 e. The van der Waals surface area contributed by atoms with Gasteiger partial charge in [-0.15, -0.1) is 0 Å². The fourth-order valence-electron chi connectivity index (χ4n) is 4.35. The molecular weight excluding hydrogens is 386 g/mol. The maximum atomic E-state index is 11.2. The van der Waals surface area contributed by atoms with Gasteiger partial charge in [-0.3, -0.25) is 4.79 Å². The van der Waals surface area contributed by atoms with Crippen LogP contribution in [0.15, 0.2) is 48.5 Å². The molecule has 0 unspecified atom stereocenters. The van der Waals surface area contributed by atoms with Gasteiger partial charge < -0.3 is 14.8 Å². The summed E-state index contributed by atoms with van der Waals surface area (Å²) in [6.07, 6.45) is 5.53. The summed E-state index contributed by atoms with van der Waals surface area (Å²) in [6.45, 7) is 8.39. The average molecular weight is 424 g/mol. The van der Waals surface area contributed by atoms with Crippen LogP contribution in [-0.2, 0) is 16.1 Å². The van der Waals surface area contributed by atoms with Crippen molar-refractivity contribution in [3.05, 3.63) is 54.1 Å². The Bertz CT molecular complexity index is 830. The molecule has 0 saturated heterocycles. The predicted octanol–water partition coefficient (Wildman–Crippen LogP) is 5.99. The minimum atomic E-state index is -0.189. The lowest BCUT2D eigenvalue weighted by Crippen LogP contribution is -2.30. The monoisotopic (exact) mass is 423 g/mol. The van der Waals surface area contributed by atoms with Gasteiger partial charge in [0.15, 0.2) is 0 Å². The number of methoxy groups -OCH3 is 1. The quantitative estimate of drug-likeness (QED) is 0.418. The van der Waals surface area contributed by atoms with E-state index in [0.29, 0.717) is 24.5 Å². The molecule has 2 aromatic carbocycles. The first-order valence-corrected chi connectivity index (χ1v) is 11.5. The van der Waals surface area contributed by atoms with Crippen molar-refractivity contribution in [2.24, 2.45) is 11.3 Å². The number of hydrogen-bond donors (Lipinski definition) is 1. The highest BCUT2D eigenvalue weighted by atomic mass is 16.5. The third-order valence-corrected chi connectivity index (χ3v) is 6.38. The number of carbonyl (C=O) groups excluding carboxylic acids is 1. The molecule has 2 aromatic rings. The maximum absolute atomic E-state index is 11.2. The third-order valence-electron chi connectivity index (χ3n) is 6.38. The van der Waals surface area contributed by atoms with Gasteiger partial charge in [0.1, 0.15) is 5.75 Å². The number of benzene rings is 2. The Hall–Kier alpha value is -2.33. The highest BCUT2D eigenvalue weighted by Crippen LogP contribution is 2.38. The minimum absolute atomic E-state index is 0.189. The Labute approximate surface area is 187 Å². The Morgan fingerprint density at radius 2 is 1.71 bits per heavy atom. The summed E-state index contributed by atoms with van der Waals surface area (Å²) in [5.41, 5.74) is 3.96. The van der Waals surface area contributed by atoms with Crippen LogP contribution in [0.2, 0.25) is 0 Å². The van der Waals surface area contributed by atoms with Gasteiger partial charge in [-0.25, -0.2) is 0 Å². The topological polar surface area (TPSA) is 47.6 Å². The molecule has 1 N–H and O–H groups in total. The molecule has 0 radical (unpaired) electrons. The second-order valence-electron chi connectivity index (χ2n) is 9.69. The van der Waals surface area contributed by atoms with Crippen LogP contribution in [-0.4, -0.2) is 25.7 Å². The van der Waals surface area contributed by atoms with E-state index in [4.69, 9.17) is 4.74 Å². The molecule has 0 aliphatic heterocycles. The van der Waals surface area contributed by atoms with Gasteiger partial charge in [-0.05, 0) is 71.9 Å². The number of esters is 1. The lowest BCUT2D eigenvalue weighted by Gasteiger charge is -2.36. The van der Waals surface area contributed by atoms with Gasteiger partial charge >= 0.3 is 5.97 Å². The zero-order chi connectivity index (χ0) is 22.3. The van der Waals surface area contributed by atoms with Crippen LogP contribution >= 0.6 is 0 Å². The van der Waals surface area contributed by atoms with E-state index >= 15 is 0 Å². The van der Waals surface area contributed by atoms with Crippen LogP contribution < -0.4 is 10.1 Å². The van der Waals surface area contributed by atoms with E-state index in [1.54, 1.807) is 0 Å². The van der Waals surface area contributed by atoms with Crippen LogP contribution in [0.5, 0.6) is 5.75 Å². The lowest BCUT2D eigenvalue weighted by molar-refractivity contribution is -0.140. The summed E-state index contributed by atoms with van der Waals surface area (Å²) in [4.78, 5) is 11.2. The van der Waals surface area contributed by atoms with E-state index in [-0.39, 0.29) is 5.97 Å². The fourth-order valence-corrected chi connectivity index (χ4v) is 4.35. The number of rotatable bonds is 8. The third kappa shape index (κ3) is 7.10. The first-order chi connectivity index (χ1) is 14.8. The van der Waals surface area contributed by atoms with Crippen molar-refractivity contribution >= 4 is 5.97 Å². The largest absolute Gasteiger partial charge is 0.490 e. The maximum Gasteiger partial charge on any atom is 0.306 e. The summed E-state index contributed by atoms with van der Waals surface area (Å²) < 4.78 is 10.9. The first kappa shape index (κ1) is 23.3. The first-order valence-electron chi connectivity index (χ1n) is 11.5. The minimum Gasteiger partial charge on any atom is -0.490 e. The Balaban J connectivity index is 1.51. The molecule has 1 fully saturated rings. The standard InChI is InChI=1S/C27H37NO3/c1-27(2,3)23-10-14-25(15-11-23)31-24-12-8-21(9-13-24)22-7-5-6-20(18-22)19-28-17-16-26(29)30-4/h5-9,12-13,18,23,25,28H,10-11,14-17,19H2,1-4H3. The van der Waals surface area contributed by atoms with Crippen LogP contribution in [0.25, 0.3) is 11.1 Å². The highest BCUT2D eigenvalue weighted by molar-refractivity contribution is 5.69. The number of ether oxygens (including phenoxy) is 2. The molecule has 0 spiro atoms. The molecule has 0 aromatic heterocycles. The van der Waals surface area contributed by atoms with Crippen LogP contribution in [0, 0.1) is 11.3 Å². The Morgan fingerprint density at radius 3 is 2.35 bits per heavy atom. The molecule has 4 nitrogen and oxygen atoms in total. The van der Waals surface area contributed by atoms with Crippen molar-refractivity contribution in [1.29, 1.82) is 0 Å². The molecule has 3 rings (SSSR count). The predicted molar refractivity (Wildman–Crippen MR) is 126 cm³/mol. The molecule has 0 heterocycles. The second kappa shape index (κ2) is 10.8. The van der Waals surface area contributed by atoms with E-state index in [9.17, 15) is 4.79 Å². The van der Waals surface area contributed by atoms with Crippen molar-refractivity contribution in [1.82, 2.24) is 5.32 Å². The molecule has 0 atom stereocenters. The van der Waals surface area contributed by atoms with E-state index in [1.807, 2.05) is 0 Å². The number of nitrogens with one attached hydrogen (secondary N) is 1. The van der Waals surface area contributed by atoms with E-state index < -0.39 is 0 Å². The highest BCUT2D eigenvalue weighted by Gasteiger charge is 2.30. The normalized spacial score (nSPS) is 19.1. The lowest BCUT2D eigenvalue weighted by atomic mass is 9.72. The van der Waals surface area contributed by atoms with Gasteiger partial charge in [-0.1, -0.05) is 51.1 Å². The molecule has 31 heavy (non-hydrogen) atoms. The van der Waals surface area contributed by atoms with E-state index in [2.05, 4.69) is 79.4 Å². The molecule has 0 bridgehead atoms. The molecule has 0 amide bonds. The fraction of sp³-hybridized carbons (Fsp3) is 0.519. The molecular formula is C27H37NO3. The van der Waals surface area contributed by atoms with Crippen molar-refractivity contribution in [2.45, 2.75) is 65.5 Å². The summed E-state index contributed by atoms with van der Waals surface area (Å²) in [5, 5.41) is 3.29. The van der Waals surface area contributed by atoms with Crippen molar-refractivity contribution < 1.29 is 14.3 Å². The Kier molecular flexibility index (Phi) is 8.14. The van der Waals surface area contributed by atoms with E-state index in [1.165, 1.54) is 36.6 Å². The number of carbonyl (C=O) groups is 1. The second-order valence-corrected chi connectivity index (χ2v) is 9.69. The summed E-state index contributed by atoms with van der Waals surface area (Å²) in [6, 6.07) is 16.9. The van der Waals surface area contributed by atoms with Crippen molar-refractivity contribution in [3.63, 3.8) is 0 Å². The van der Waals surface area contributed by atoms with Crippen LogP contribution in [0.1, 0.15) is 58.4 Å². The van der Waals surface area contributed by atoms with Crippen LogP contribution in [0.4, 0.5) is 0 Å². The summed E-state index contributed by atoms with van der Waals surface area (Å²) >= 11 is 0. The van der Waals surface area contributed by atoms with Crippen molar-refractivity contribution in [3.8, 4) is 16.9 Å². The van der Waals surface area contributed by atoms with Gasteiger partial charge in [-0.2, -0.15) is 0 Å². The molecule has 4 heteroatoms. The Morgan fingerprint density at radius 1 is 1.00 bits per heavy atom. The van der Waals surface area contributed by atoms with Gasteiger partial charge in [0.25, 0.3) is 0 Å². The molecule has 168 valence electrons. The molecule has 1 aliphatic carbocycles. The van der Waals surface area contributed by atoms with Gasteiger partial charge in [0, 0.05) is 13.1 Å². The van der Waals surface area contributed by atoms with Crippen LogP contribution in [0.3, 0.4) is 0 Å². The SMILES string of the molecule is COC(=O)CCNCc1cccc(-c2ccc(OC3CCC(C(C)(C)C)CC3)cc2)c1. The zero-order valence-electron chi connectivity index (χ0n) is 19.4. The summed E-state index contributed by atoms with van der Waals surface area (Å²) in [5.74, 6) is 1.58. The number of hydrogen-bond acceptors (Lipinski definition) is 4. The molecule has 1 saturated carbocycles. The molecule has 1 aliphatic rings. The zero-order valence-corrected chi connectivity index (χ0v) is 19.4. The van der Waals surface area contributed by atoms with Gasteiger partial charge in [0.05, 0.1) is 19.6 Å². The summed E-state index contributed by atoms with van der Waals surface area (Å²) in [7, 11) is 1.42. The van der Waals surface area contributed by atoms with E-state index in [0.717, 1.165) is 31.1 Å².